The second-order valence-electron chi connectivity index (χ2n) is 8.62. The van der Waals surface area contributed by atoms with Crippen molar-refractivity contribution in [3.8, 4) is 0 Å². The predicted octanol–water partition coefficient (Wildman–Crippen LogP) is 2.68. The SMILES string of the molecule is CCN(C(=O)CC1CCCC1)C1CN(C(=O)C23CCCN2CCC3)C1.Cl. The van der Waals surface area contributed by atoms with Crippen LogP contribution in [0.25, 0.3) is 0 Å². The van der Waals surface area contributed by atoms with Gasteiger partial charge in [0.1, 0.15) is 5.54 Å². The molecular formula is C20H34ClN3O2. The number of nitrogens with zero attached hydrogens (tertiary/aromatic N) is 3. The third-order valence-corrected chi connectivity index (χ3v) is 7.23. The maximum Gasteiger partial charge on any atom is 0.243 e. The van der Waals surface area contributed by atoms with E-state index in [1.807, 2.05) is 9.80 Å². The van der Waals surface area contributed by atoms with Crippen molar-refractivity contribution in [1.82, 2.24) is 14.7 Å². The van der Waals surface area contributed by atoms with Crippen molar-refractivity contribution in [3.63, 3.8) is 0 Å². The summed E-state index contributed by atoms with van der Waals surface area (Å²) < 4.78 is 0. The maximum atomic E-state index is 13.1. The van der Waals surface area contributed by atoms with Crippen LogP contribution in [0, 0.1) is 5.92 Å². The van der Waals surface area contributed by atoms with Gasteiger partial charge in [0.05, 0.1) is 6.04 Å². The van der Waals surface area contributed by atoms with Crippen LogP contribution in [-0.4, -0.2) is 70.8 Å². The third kappa shape index (κ3) is 3.37. The van der Waals surface area contributed by atoms with E-state index in [4.69, 9.17) is 0 Å². The average molecular weight is 384 g/mol. The van der Waals surface area contributed by atoms with E-state index >= 15 is 0 Å². The molecule has 2 amide bonds. The standard InChI is InChI=1S/C20H33N3O2.ClH/c1-2-23(18(24)13-16-7-3-4-8-16)17-14-21(15-17)19(25)20-9-5-11-22(20)12-6-10-20;/h16-17H,2-15H2,1H3;1H. The highest BCUT2D eigenvalue weighted by Gasteiger charge is 2.53. The van der Waals surface area contributed by atoms with Gasteiger partial charge in [-0.3, -0.25) is 14.5 Å². The molecule has 4 aliphatic rings. The molecule has 1 aliphatic carbocycles. The molecule has 5 nitrogen and oxygen atoms in total. The summed E-state index contributed by atoms with van der Waals surface area (Å²) in [5.41, 5.74) is -0.185. The largest absolute Gasteiger partial charge is 0.337 e. The van der Waals surface area contributed by atoms with Crippen LogP contribution in [-0.2, 0) is 9.59 Å². The molecule has 0 N–H and O–H groups in total. The Kier molecular flexibility index (Phi) is 6.18. The summed E-state index contributed by atoms with van der Waals surface area (Å²) in [5.74, 6) is 1.26. The monoisotopic (exact) mass is 383 g/mol. The van der Waals surface area contributed by atoms with Gasteiger partial charge >= 0.3 is 0 Å². The van der Waals surface area contributed by atoms with E-state index in [0.29, 0.717) is 17.7 Å². The van der Waals surface area contributed by atoms with Crippen LogP contribution in [0.1, 0.15) is 64.7 Å². The quantitative estimate of drug-likeness (QED) is 0.733. The number of hydrogen-bond acceptors (Lipinski definition) is 3. The number of rotatable bonds is 5. The molecule has 4 rings (SSSR count). The predicted molar refractivity (Wildman–Crippen MR) is 104 cm³/mol. The van der Waals surface area contributed by atoms with Crippen LogP contribution in [0.3, 0.4) is 0 Å². The first-order valence-corrected chi connectivity index (χ1v) is 10.5. The summed E-state index contributed by atoms with van der Waals surface area (Å²) in [6.45, 7) is 6.52. The van der Waals surface area contributed by atoms with Crippen molar-refractivity contribution in [3.05, 3.63) is 0 Å². The van der Waals surface area contributed by atoms with Gasteiger partial charge in [0, 0.05) is 26.1 Å². The van der Waals surface area contributed by atoms with E-state index in [1.54, 1.807) is 0 Å². The lowest BCUT2D eigenvalue weighted by Gasteiger charge is -2.48. The molecule has 0 aromatic carbocycles. The van der Waals surface area contributed by atoms with Crippen LogP contribution >= 0.6 is 12.4 Å². The molecular weight excluding hydrogens is 350 g/mol. The van der Waals surface area contributed by atoms with Gasteiger partial charge in [-0.2, -0.15) is 0 Å². The first-order chi connectivity index (χ1) is 12.1. The van der Waals surface area contributed by atoms with E-state index < -0.39 is 0 Å². The molecule has 3 saturated heterocycles. The van der Waals surface area contributed by atoms with Gasteiger partial charge < -0.3 is 9.80 Å². The van der Waals surface area contributed by atoms with Gasteiger partial charge in [-0.25, -0.2) is 0 Å². The highest BCUT2D eigenvalue weighted by Crippen LogP contribution is 2.41. The molecule has 4 fully saturated rings. The summed E-state index contributed by atoms with van der Waals surface area (Å²) in [4.78, 5) is 32.3. The van der Waals surface area contributed by atoms with Gasteiger partial charge in [-0.15, -0.1) is 12.4 Å². The lowest BCUT2D eigenvalue weighted by atomic mass is 9.90. The molecule has 0 aromatic rings. The zero-order chi connectivity index (χ0) is 17.4. The van der Waals surface area contributed by atoms with Crippen molar-refractivity contribution < 1.29 is 9.59 Å². The van der Waals surface area contributed by atoms with Crippen LogP contribution in [0.4, 0.5) is 0 Å². The Bertz CT molecular complexity index is 519. The topological polar surface area (TPSA) is 43.9 Å². The summed E-state index contributed by atoms with van der Waals surface area (Å²) in [5, 5.41) is 0. The molecule has 26 heavy (non-hydrogen) atoms. The van der Waals surface area contributed by atoms with Gasteiger partial charge in [0.25, 0.3) is 0 Å². The van der Waals surface area contributed by atoms with Crippen LogP contribution in [0.15, 0.2) is 0 Å². The minimum absolute atomic E-state index is 0. The van der Waals surface area contributed by atoms with Crippen LogP contribution in [0.5, 0.6) is 0 Å². The number of likely N-dealkylation sites (N-methyl/N-ethyl adjacent to an activating group) is 1. The van der Waals surface area contributed by atoms with Crippen molar-refractivity contribution in [2.24, 2.45) is 5.92 Å². The molecule has 3 aliphatic heterocycles. The highest BCUT2D eigenvalue weighted by molar-refractivity contribution is 5.88. The number of fused-ring (bicyclic) bond motifs is 1. The number of likely N-dealkylation sites (tertiary alicyclic amines) is 1. The Morgan fingerprint density at radius 2 is 1.65 bits per heavy atom. The van der Waals surface area contributed by atoms with Crippen LogP contribution in [0.2, 0.25) is 0 Å². The summed E-state index contributed by atoms with van der Waals surface area (Å²) in [6.07, 6.45) is 10.1. The minimum atomic E-state index is -0.185. The van der Waals surface area contributed by atoms with Crippen molar-refractivity contribution in [1.29, 1.82) is 0 Å². The van der Waals surface area contributed by atoms with Crippen molar-refractivity contribution in [2.75, 3.05) is 32.7 Å². The molecule has 0 spiro atoms. The fourth-order valence-electron chi connectivity index (χ4n) is 5.78. The number of carbonyl (C=O) groups is 2. The summed E-state index contributed by atoms with van der Waals surface area (Å²) in [7, 11) is 0. The lowest BCUT2D eigenvalue weighted by Crippen LogP contribution is -2.66. The summed E-state index contributed by atoms with van der Waals surface area (Å²) >= 11 is 0. The van der Waals surface area contributed by atoms with Gasteiger partial charge in [-0.1, -0.05) is 12.8 Å². The molecule has 3 heterocycles. The first kappa shape index (κ1) is 19.9. The zero-order valence-corrected chi connectivity index (χ0v) is 16.9. The van der Waals surface area contributed by atoms with E-state index in [9.17, 15) is 9.59 Å². The van der Waals surface area contributed by atoms with E-state index in [-0.39, 0.29) is 24.0 Å². The Morgan fingerprint density at radius 1 is 1.04 bits per heavy atom. The molecule has 148 valence electrons. The Balaban J connectivity index is 0.00000196. The van der Waals surface area contributed by atoms with E-state index in [0.717, 1.165) is 64.8 Å². The summed E-state index contributed by atoms with van der Waals surface area (Å²) in [6, 6.07) is 0.246. The lowest BCUT2D eigenvalue weighted by molar-refractivity contribution is -0.153. The number of halogens is 1. The number of hydrogen-bond donors (Lipinski definition) is 0. The molecule has 1 saturated carbocycles. The molecule has 6 heteroatoms. The van der Waals surface area contributed by atoms with E-state index in [2.05, 4.69) is 11.8 Å². The van der Waals surface area contributed by atoms with Gasteiger partial charge in [0.15, 0.2) is 0 Å². The second kappa shape index (κ2) is 8.05. The zero-order valence-electron chi connectivity index (χ0n) is 16.1. The third-order valence-electron chi connectivity index (χ3n) is 7.23. The number of carbonyl (C=O) groups excluding carboxylic acids is 2. The second-order valence-corrected chi connectivity index (χ2v) is 8.62. The first-order valence-electron chi connectivity index (χ1n) is 10.5. The highest BCUT2D eigenvalue weighted by atomic mass is 35.5. The van der Waals surface area contributed by atoms with E-state index in [1.165, 1.54) is 25.7 Å². The molecule has 0 unspecified atom stereocenters. The van der Waals surface area contributed by atoms with Gasteiger partial charge in [0.2, 0.25) is 11.8 Å². The molecule has 0 aromatic heterocycles. The Morgan fingerprint density at radius 3 is 2.23 bits per heavy atom. The number of amides is 2. The fraction of sp³-hybridized carbons (Fsp3) is 0.900. The Hall–Kier alpha value is -0.810. The minimum Gasteiger partial charge on any atom is -0.337 e. The van der Waals surface area contributed by atoms with Crippen molar-refractivity contribution >= 4 is 24.2 Å². The van der Waals surface area contributed by atoms with Crippen molar-refractivity contribution in [2.45, 2.75) is 76.3 Å². The molecule has 0 atom stereocenters. The average Bonchev–Trinajstić information content (AvgIpc) is 3.25. The smallest absolute Gasteiger partial charge is 0.243 e. The molecule has 0 bridgehead atoms. The molecule has 0 radical (unpaired) electrons. The van der Waals surface area contributed by atoms with Gasteiger partial charge in [-0.05, 0) is 64.5 Å². The fourth-order valence-corrected chi connectivity index (χ4v) is 5.78. The Labute approximate surface area is 163 Å². The van der Waals surface area contributed by atoms with Crippen LogP contribution < -0.4 is 0 Å². The maximum absolute atomic E-state index is 13.1. The normalized spacial score (nSPS) is 25.7.